The van der Waals surface area contributed by atoms with Crippen LogP contribution >= 0.6 is 0 Å². The molecular weight excluding hydrogens is 250 g/mol. The zero-order valence-corrected chi connectivity index (χ0v) is 13.0. The summed E-state index contributed by atoms with van der Waals surface area (Å²) in [6.45, 7) is 6.85. The molecule has 1 fully saturated rings. The average Bonchev–Trinajstić information content (AvgIpc) is 2.46. The van der Waals surface area contributed by atoms with Gasteiger partial charge in [-0.3, -0.25) is 0 Å². The molecule has 0 N–H and O–H groups in total. The Balaban J connectivity index is 2.17. The number of hydrogen-bond donors (Lipinski definition) is 0. The number of nitrogens with zero attached hydrogens (tertiary/aromatic N) is 1. The fraction of sp³-hybridized carbons (Fsp3) is 0.647. The van der Waals surface area contributed by atoms with Gasteiger partial charge in [-0.15, -0.1) is 4.91 Å². The highest BCUT2D eigenvalue weighted by atomic mass is 16.5. The molecule has 0 atom stereocenters. The number of methoxy groups -OCH3 is 1. The summed E-state index contributed by atoms with van der Waals surface area (Å²) in [6.07, 6.45) is 3.85. The van der Waals surface area contributed by atoms with Gasteiger partial charge in [0.15, 0.2) is 0 Å². The first-order valence-electron chi connectivity index (χ1n) is 7.40. The normalized spacial score (nSPS) is 27.1. The van der Waals surface area contributed by atoms with Crippen molar-refractivity contribution in [2.75, 3.05) is 7.11 Å². The smallest absolute Gasteiger partial charge is 0.127 e. The molecule has 3 nitrogen and oxygen atoms in total. The monoisotopic (exact) mass is 275 g/mol. The molecule has 0 aromatic heterocycles. The van der Waals surface area contributed by atoms with Crippen LogP contribution < -0.4 is 4.74 Å². The predicted molar refractivity (Wildman–Crippen MR) is 81.9 cm³/mol. The molecule has 110 valence electrons. The fourth-order valence-electron chi connectivity index (χ4n) is 3.30. The highest BCUT2D eigenvalue weighted by Gasteiger charge is 2.41. The molecule has 0 heterocycles. The Kier molecular flexibility index (Phi) is 4.17. The van der Waals surface area contributed by atoms with E-state index in [0.717, 1.165) is 37.0 Å². The molecule has 0 spiro atoms. The summed E-state index contributed by atoms with van der Waals surface area (Å²) in [5.41, 5.74) is 0.809. The van der Waals surface area contributed by atoms with Gasteiger partial charge >= 0.3 is 0 Å². The molecule has 0 bridgehead atoms. The molecule has 1 saturated carbocycles. The second-order valence-corrected chi connectivity index (χ2v) is 6.99. The molecule has 0 radical (unpaired) electrons. The van der Waals surface area contributed by atoms with E-state index in [0.29, 0.717) is 11.3 Å². The largest absolute Gasteiger partial charge is 0.497 e. The first-order valence-corrected chi connectivity index (χ1v) is 7.40. The van der Waals surface area contributed by atoms with E-state index in [1.807, 2.05) is 24.3 Å². The summed E-state index contributed by atoms with van der Waals surface area (Å²) >= 11 is 0. The van der Waals surface area contributed by atoms with Crippen LogP contribution in [-0.4, -0.2) is 7.11 Å². The molecule has 0 aliphatic heterocycles. The van der Waals surface area contributed by atoms with Crippen LogP contribution in [0.2, 0.25) is 0 Å². The van der Waals surface area contributed by atoms with E-state index in [1.54, 1.807) is 7.11 Å². The molecule has 2 rings (SSSR count). The summed E-state index contributed by atoms with van der Waals surface area (Å²) in [5, 5.41) is 3.53. The number of ether oxygens (including phenoxy) is 1. The number of hydrogen-bond acceptors (Lipinski definition) is 3. The molecule has 0 unspecified atom stereocenters. The van der Waals surface area contributed by atoms with Gasteiger partial charge in [0.1, 0.15) is 11.3 Å². The third-order valence-corrected chi connectivity index (χ3v) is 4.84. The maximum Gasteiger partial charge on any atom is 0.127 e. The van der Waals surface area contributed by atoms with Crippen LogP contribution in [0.5, 0.6) is 5.75 Å². The van der Waals surface area contributed by atoms with E-state index in [9.17, 15) is 4.91 Å². The summed E-state index contributed by atoms with van der Waals surface area (Å²) in [6, 6.07) is 7.80. The van der Waals surface area contributed by atoms with Crippen LogP contribution in [0.4, 0.5) is 0 Å². The lowest BCUT2D eigenvalue weighted by Gasteiger charge is -2.40. The van der Waals surface area contributed by atoms with Crippen LogP contribution in [0, 0.1) is 16.2 Å². The fourth-order valence-corrected chi connectivity index (χ4v) is 3.30. The Labute approximate surface area is 121 Å². The Morgan fingerprint density at radius 1 is 1.15 bits per heavy atom. The second-order valence-electron chi connectivity index (χ2n) is 6.99. The van der Waals surface area contributed by atoms with Gasteiger partial charge in [-0.1, -0.05) is 38.1 Å². The molecule has 1 aliphatic carbocycles. The number of benzene rings is 1. The van der Waals surface area contributed by atoms with Crippen molar-refractivity contribution in [2.24, 2.45) is 16.5 Å². The van der Waals surface area contributed by atoms with Gasteiger partial charge in [0.2, 0.25) is 0 Å². The lowest BCUT2D eigenvalue weighted by molar-refractivity contribution is 0.134. The van der Waals surface area contributed by atoms with Crippen molar-refractivity contribution < 1.29 is 4.74 Å². The molecule has 3 heteroatoms. The van der Waals surface area contributed by atoms with Crippen molar-refractivity contribution in [3.05, 3.63) is 34.7 Å². The summed E-state index contributed by atoms with van der Waals surface area (Å²) in [5.74, 6) is 1.49. The highest BCUT2D eigenvalue weighted by Crippen LogP contribution is 2.47. The molecule has 0 saturated heterocycles. The molecule has 1 aromatic rings. The highest BCUT2D eigenvalue weighted by molar-refractivity contribution is 5.32. The maximum absolute atomic E-state index is 11.5. The molecule has 1 aromatic carbocycles. The lowest BCUT2D eigenvalue weighted by atomic mass is 9.66. The molecule has 0 amide bonds. The SMILES string of the molecule is COc1ccc(C2(N=O)CCC(C(C)(C)C)CC2)cc1. The van der Waals surface area contributed by atoms with Gasteiger partial charge in [0.05, 0.1) is 7.11 Å². The minimum Gasteiger partial charge on any atom is -0.497 e. The Hall–Kier alpha value is -1.38. The first-order chi connectivity index (χ1) is 9.41. The van der Waals surface area contributed by atoms with Crippen molar-refractivity contribution in [3.63, 3.8) is 0 Å². The van der Waals surface area contributed by atoms with Gasteiger partial charge in [-0.05, 0) is 54.7 Å². The van der Waals surface area contributed by atoms with E-state index in [4.69, 9.17) is 4.74 Å². The van der Waals surface area contributed by atoms with Crippen LogP contribution in [0.3, 0.4) is 0 Å². The van der Waals surface area contributed by atoms with Crippen LogP contribution in [0.25, 0.3) is 0 Å². The van der Waals surface area contributed by atoms with E-state index >= 15 is 0 Å². The van der Waals surface area contributed by atoms with E-state index in [1.165, 1.54) is 0 Å². The minimum absolute atomic E-state index is 0.314. The van der Waals surface area contributed by atoms with E-state index in [-0.39, 0.29) is 0 Å². The minimum atomic E-state index is -0.534. The Morgan fingerprint density at radius 3 is 2.10 bits per heavy atom. The van der Waals surface area contributed by atoms with Crippen molar-refractivity contribution in [1.82, 2.24) is 0 Å². The summed E-state index contributed by atoms with van der Waals surface area (Å²) < 4.78 is 5.18. The number of rotatable bonds is 3. The summed E-state index contributed by atoms with van der Waals surface area (Å²) in [7, 11) is 1.65. The predicted octanol–water partition coefficient (Wildman–Crippen LogP) is 4.89. The molecule has 1 aliphatic rings. The third kappa shape index (κ3) is 2.87. The number of nitroso groups, excluding NO2 is 1. The quantitative estimate of drug-likeness (QED) is 0.736. The Bertz CT molecular complexity index is 451. The topological polar surface area (TPSA) is 38.7 Å². The molecule has 20 heavy (non-hydrogen) atoms. The van der Waals surface area contributed by atoms with Gasteiger partial charge in [-0.25, -0.2) is 0 Å². The first kappa shape index (κ1) is 15.0. The van der Waals surface area contributed by atoms with E-state index < -0.39 is 5.54 Å². The zero-order valence-electron chi connectivity index (χ0n) is 13.0. The maximum atomic E-state index is 11.5. The van der Waals surface area contributed by atoms with Gasteiger partial charge < -0.3 is 4.74 Å². The zero-order chi connectivity index (χ0) is 14.8. The van der Waals surface area contributed by atoms with Crippen LogP contribution in [-0.2, 0) is 5.54 Å². The van der Waals surface area contributed by atoms with Gasteiger partial charge in [0.25, 0.3) is 0 Å². The van der Waals surface area contributed by atoms with Gasteiger partial charge in [-0.2, -0.15) is 0 Å². The average molecular weight is 275 g/mol. The summed E-state index contributed by atoms with van der Waals surface area (Å²) in [4.78, 5) is 11.5. The van der Waals surface area contributed by atoms with Crippen molar-refractivity contribution in [1.29, 1.82) is 0 Å². The van der Waals surface area contributed by atoms with E-state index in [2.05, 4.69) is 25.9 Å². The van der Waals surface area contributed by atoms with Crippen LogP contribution in [0.1, 0.15) is 52.0 Å². The van der Waals surface area contributed by atoms with Crippen molar-refractivity contribution in [2.45, 2.75) is 52.0 Å². The van der Waals surface area contributed by atoms with Gasteiger partial charge in [0, 0.05) is 0 Å². The lowest BCUT2D eigenvalue weighted by Crippen LogP contribution is -2.34. The second kappa shape index (κ2) is 5.55. The molecular formula is C17H25NO2. The Morgan fingerprint density at radius 2 is 1.70 bits per heavy atom. The van der Waals surface area contributed by atoms with Crippen molar-refractivity contribution >= 4 is 0 Å². The standard InChI is InChI=1S/C17H25NO2/c1-16(2,3)13-9-11-17(18-19,12-10-13)14-5-7-15(20-4)8-6-14/h5-8,13H,9-12H2,1-4H3. The van der Waals surface area contributed by atoms with Crippen molar-refractivity contribution in [3.8, 4) is 5.75 Å². The third-order valence-electron chi connectivity index (χ3n) is 4.84. The van der Waals surface area contributed by atoms with Crippen LogP contribution in [0.15, 0.2) is 29.4 Å².